The SMILES string of the molecule is COc1cc(/C=C2\SC(=O)N(Cc3cc4c(cc3Cl)OCO4)C2=O)c(Br)c(Br)c1OCc1ccccc1. The number of rotatable bonds is 7. The van der Waals surface area contributed by atoms with Crippen molar-refractivity contribution in [3.8, 4) is 23.0 Å². The lowest BCUT2D eigenvalue weighted by atomic mass is 10.1. The molecule has 11 heteroatoms. The van der Waals surface area contributed by atoms with Crippen LogP contribution in [-0.4, -0.2) is 29.9 Å². The smallest absolute Gasteiger partial charge is 0.293 e. The van der Waals surface area contributed by atoms with Crippen molar-refractivity contribution >= 4 is 72.4 Å². The minimum atomic E-state index is -0.421. The second-order valence-electron chi connectivity index (χ2n) is 7.96. The van der Waals surface area contributed by atoms with Crippen molar-refractivity contribution in [2.45, 2.75) is 13.2 Å². The molecule has 5 rings (SSSR count). The number of imide groups is 1. The Balaban J connectivity index is 1.39. The Labute approximate surface area is 238 Å². The van der Waals surface area contributed by atoms with Crippen LogP contribution in [0.5, 0.6) is 23.0 Å². The molecule has 0 atom stereocenters. The minimum absolute atomic E-state index is 0.0118. The lowest BCUT2D eigenvalue weighted by molar-refractivity contribution is -0.123. The summed E-state index contributed by atoms with van der Waals surface area (Å²) in [6.45, 7) is 0.463. The quantitative estimate of drug-likeness (QED) is 0.243. The third-order valence-corrected chi connectivity index (χ3v) is 9.03. The fraction of sp³-hybridized carbons (Fsp3) is 0.154. The number of hydrogen-bond acceptors (Lipinski definition) is 7. The fourth-order valence-electron chi connectivity index (χ4n) is 3.75. The summed E-state index contributed by atoms with van der Waals surface area (Å²) in [6, 6.07) is 14.8. The molecule has 3 aromatic carbocycles. The van der Waals surface area contributed by atoms with Gasteiger partial charge in [-0.2, -0.15) is 0 Å². The molecular formula is C26H18Br2ClNO6S. The molecular weight excluding hydrogens is 650 g/mol. The number of hydrogen-bond donors (Lipinski definition) is 0. The Morgan fingerprint density at radius 2 is 1.81 bits per heavy atom. The predicted octanol–water partition coefficient (Wildman–Crippen LogP) is 7.42. The van der Waals surface area contributed by atoms with Gasteiger partial charge >= 0.3 is 0 Å². The van der Waals surface area contributed by atoms with Gasteiger partial charge in [-0.3, -0.25) is 14.5 Å². The summed E-state index contributed by atoms with van der Waals surface area (Å²) in [6.07, 6.45) is 1.64. The number of ether oxygens (including phenoxy) is 4. The van der Waals surface area contributed by atoms with Gasteiger partial charge in [-0.25, -0.2) is 0 Å². The number of amides is 2. The molecule has 3 aromatic rings. The van der Waals surface area contributed by atoms with Crippen LogP contribution in [0.1, 0.15) is 16.7 Å². The van der Waals surface area contributed by atoms with E-state index < -0.39 is 11.1 Å². The third kappa shape index (κ3) is 5.34. The van der Waals surface area contributed by atoms with Crippen LogP contribution in [0, 0.1) is 0 Å². The summed E-state index contributed by atoms with van der Waals surface area (Å²) in [7, 11) is 1.54. The highest BCUT2D eigenvalue weighted by atomic mass is 79.9. The van der Waals surface area contributed by atoms with Crippen LogP contribution in [0.15, 0.2) is 62.4 Å². The normalized spacial score (nSPS) is 15.6. The van der Waals surface area contributed by atoms with Gasteiger partial charge in [-0.1, -0.05) is 41.9 Å². The molecule has 0 unspecified atom stereocenters. The molecule has 0 spiro atoms. The Kier molecular flexibility index (Phi) is 7.71. The number of benzene rings is 3. The highest BCUT2D eigenvalue weighted by Gasteiger charge is 2.36. The highest BCUT2D eigenvalue weighted by Crippen LogP contribution is 2.45. The first-order valence-corrected chi connectivity index (χ1v) is 13.7. The number of carbonyl (C=O) groups is 2. The second kappa shape index (κ2) is 11.0. The van der Waals surface area contributed by atoms with Gasteiger partial charge in [0.1, 0.15) is 6.61 Å². The molecule has 2 aliphatic rings. The zero-order chi connectivity index (χ0) is 26.1. The fourth-order valence-corrected chi connectivity index (χ4v) is 5.74. The van der Waals surface area contributed by atoms with Gasteiger partial charge in [0.2, 0.25) is 6.79 Å². The summed E-state index contributed by atoms with van der Waals surface area (Å²) in [4.78, 5) is 27.3. The number of carbonyl (C=O) groups excluding carboxylic acids is 2. The molecule has 0 aliphatic carbocycles. The molecule has 1 saturated heterocycles. The number of fused-ring (bicyclic) bond motifs is 1. The van der Waals surface area contributed by atoms with Gasteiger partial charge in [0.25, 0.3) is 11.1 Å². The van der Waals surface area contributed by atoms with Crippen molar-refractivity contribution in [1.29, 1.82) is 0 Å². The van der Waals surface area contributed by atoms with E-state index in [9.17, 15) is 9.59 Å². The predicted molar refractivity (Wildman–Crippen MR) is 148 cm³/mol. The van der Waals surface area contributed by atoms with Crippen molar-refractivity contribution in [2.24, 2.45) is 0 Å². The third-order valence-electron chi connectivity index (χ3n) is 5.63. The summed E-state index contributed by atoms with van der Waals surface area (Å²) in [5.74, 6) is 1.63. The van der Waals surface area contributed by atoms with Gasteiger partial charge in [0.15, 0.2) is 23.0 Å². The van der Waals surface area contributed by atoms with Crippen LogP contribution >= 0.6 is 55.2 Å². The maximum atomic E-state index is 13.2. The van der Waals surface area contributed by atoms with Gasteiger partial charge in [0, 0.05) is 15.6 Å². The average Bonchev–Trinajstić information content (AvgIpc) is 3.45. The van der Waals surface area contributed by atoms with Crippen molar-refractivity contribution < 1.29 is 28.5 Å². The summed E-state index contributed by atoms with van der Waals surface area (Å²) < 4.78 is 23.6. The van der Waals surface area contributed by atoms with E-state index in [1.807, 2.05) is 30.3 Å². The van der Waals surface area contributed by atoms with Gasteiger partial charge < -0.3 is 18.9 Å². The van der Waals surface area contributed by atoms with Crippen molar-refractivity contribution in [1.82, 2.24) is 4.90 Å². The number of methoxy groups -OCH3 is 1. The Hall–Kier alpha value is -2.66. The highest BCUT2D eigenvalue weighted by molar-refractivity contribution is 9.13. The van der Waals surface area contributed by atoms with Gasteiger partial charge in [-0.05, 0) is 78.5 Å². The van der Waals surface area contributed by atoms with Crippen LogP contribution in [0.25, 0.3) is 6.08 Å². The van der Waals surface area contributed by atoms with Crippen LogP contribution in [-0.2, 0) is 17.9 Å². The lowest BCUT2D eigenvalue weighted by Gasteiger charge is -2.16. The van der Waals surface area contributed by atoms with Crippen LogP contribution < -0.4 is 18.9 Å². The molecule has 0 radical (unpaired) electrons. The minimum Gasteiger partial charge on any atom is -0.493 e. The monoisotopic (exact) mass is 665 g/mol. The molecule has 2 aliphatic heterocycles. The molecule has 2 heterocycles. The number of nitrogens with zero attached hydrogens (tertiary/aromatic N) is 1. The molecule has 0 saturated carbocycles. The van der Waals surface area contributed by atoms with Crippen LogP contribution in [0.3, 0.4) is 0 Å². The van der Waals surface area contributed by atoms with Gasteiger partial charge in [-0.15, -0.1) is 0 Å². The van der Waals surface area contributed by atoms with E-state index in [1.165, 1.54) is 7.11 Å². The van der Waals surface area contributed by atoms with Crippen molar-refractivity contribution in [3.05, 3.63) is 84.1 Å². The number of thioether (sulfide) groups is 1. The van der Waals surface area contributed by atoms with E-state index >= 15 is 0 Å². The molecule has 37 heavy (non-hydrogen) atoms. The molecule has 7 nitrogen and oxygen atoms in total. The lowest BCUT2D eigenvalue weighted by Crippen LogP contribution is -2.27. The first kappa shape index (κ1) is 26.0. The topological polar surface area (TPSA) is 74.3 Å². The zero-order valence-corrected chi connectivity index (χ0v) is 24.0. The first-order valence-electron chi connectivity index (χ1n) is 10.9. The molecule has 0 aromatic heterocycles. The molecule has 190 valence electrons. The molecule has 0 bridgehead atoms. The van der Waals surface area contributed by atoms with E-state index in [-0.39, 0.29) is 18.2 Å². The summed E-state index contributed by atoms with van der Waals surface area (Å²) in [5, 5.41) is -0.00951. The van der Waals surface area contributed by atoms with E-state index in [1.54, 1.807) is 24.3 Å². The number of halogens is 3. The molecule has 2 amide bonds. The average molecular weight is 668 g/mol. The Morgan fingerprint density at radius 3 is 2.54 bits per heavy atom. The maximum Gasteiger partial charge on any atom is 0.293 e. The second-order valence-corrected chi connectivity index (χ2v) is 11.0. The van der Waals surface area contributed by atoms with Crippen LogP contribution in [0.4, 0.5) is 4.79 Å². The van der Waals surface area contributed by atoms with Crippen LogP contribution in [0.2, 0.25) is 5.02 Å². The van der Waals surface area contributed by atoms with Crippen molar-refractivity contribution in [3.63, 3.8) is 0 Å². The summed E-state index contributed by atoms with van der Waals surface area (Å²) in [5.41, 5.74) is 2.23. The van der Waals surface area contributed by atoms with E-state index in [4.69, 9.17) is 30.5 Å². The molecule has 0 N–H and O–H groups in total. The largest absolute Gasteiger partial charge is 0.493 e. The van der Waals surface area contributed by atoms with Crippen molar-refractivity contribution in [2.75, 3.05) is 13.9 Å². The van der Waals surface area contributed by atoms with E-state index in [0.717, 1.165) is 22.2 Å². The van der Waals surface area contributed by atoms with Gasteiger partial charge in [0.05, 0.1) is 23.0 Å². The Morgan fingerprint density at radius 1 is 1.08 bits per heavy atom. The first-order chi connectivity index (χ1) is 17.9. The Bertz CT molecular complexity index is 1430. The zero-order valence-electron chi connectivity index (χ0n) is 19.3. The summed E-state index contributed by atoms with van der Waals surface area (Å²) >= 11 is 14.4. The maximum absolute atomic E-state index is 13.2. The molecule has 1 fully saturated rings. The standard InChI is InChI=1S/C26H18Br2ClNO6S/c1-33-20-7-15(22(27)23(28)24(20)34-12-14-5-3-2-4-6-14)9-21-25(31)30(26(32)37-21)11-16-8-18-19(10-17(16)29)36-13-35-18/h2-10H,11-13H2,1H3/b21-9-. The van der Waals surface area contributed by atoms with E-state index in [0.29, 0.717) is 54.7 Å². The van der Waals surface area contributed by atoms with E-state index in [2.05, 4.69) is 31.9 Å².